The summed E-state index contributed by atoms with van der Waals surface area (Å²) in [5.41, 5.74) is 7.33. The van der Waals surface area contributed by atoms with E-state index < -0.39 is 0 Å². The molecule has 1 rings (SSSR count). The van der Waals surface area contributed by atoms with Gasteiger partial charge < -0.3 is 5.73 Å². The summed E-state index contributed by atoms with van der Waals surface area (Å²) in [4.78, 5) is 12.7. The van der Waals surface area contributed by atoms with Gasteiger partial charge in [0, 0.05) is 17.7 Å². The van der Waals surface area contributed by atoms with Crippen molar-refractivity contribution >= 4 is 5.69 Å². The van der Waals surface area contributed by atoms with Crippen LogP contribution in [0.15, 0.2) is 18.2 Å². The van der Waals surface area contributed by atoms with Crippen LogP contribution in [0.4, 0.5) is 5.69 Å². The molecule has 1 aromatic carbocycles. The van der Waals surface area contributed by atoms with Crippen molar-refractivity contribution in [1.82, 2.24) is 4.90 Å². The van der Waals surface area contributed by atoms with Crippen molar-refractivity contribution in [1.29, 1.82) is 0 Å². The number of nitro benzene ring substituents is 1. The summed E-state index contributed by atoms with van der Waals surface area (Å²) in [5.74, 6) is 0. The standard InChI is InChI=1S/C13H21N3O2/c1-10-5-6-12(9-13(10)16(17)18)11(2)15(3)8-4-7-14/h5-6,9,11H,4,7-8,14H2,1-3H3. The lowest BCUT2D eigenvalue weighted by molar-refractivity contribution is -0.385. The Morgan fingerprint density at radius 3 is 2.72 bits per heavy atom. The van der Waals surface area contributed by atoms with Gasteiger partial charge in [0.05, 0.1) is 4.92 Å². The minimum Gasteiger partial charge on any atom is -0.330 e. The van der Waals surface area contributed by atoms with Crippen molar-refractivity contribution in [2.45, 2.75) is 26.3 Å². The molecule has 0 amide bonds. The molecule has 5 nitrogen and oxygen atoms in total. The number of nitro groups is 1. The Hall–Kier alpha value is -1.46. The predicted molar refractivity (Wildman–Crippen MR) is 72.5 cm³/mol. The fraction of sp³-hybridized carbons (Fsp3) is 0.538. The molecule has 100 valence electrons. The van der Waals surface area contributed by atoms with Crippen molar-refractivity contribution in [3.63, 3.8) is 0 Å². The molecule has 5 heteroatoms. The first-order chi connectivity index (χ1) is 8.47. The van der Waals surface area contributed by atoms with Crippen LogP contribution in [0.25, 0.3) is 0 Å². The quantitative estimate of drug-likeness (QED) is 0.621. The highest BCUT2D eigenvalue weighted by Crippen LogP contribution is 2.25. The zero-order chi connectivity index (χ0) is 13.7. The Bertz CT molecular complexity index is 421. The molecule has 0 fully saturated rings. The first-order valence-corrected chi connectivity index (χ1v) is 6.12. The van der Waals surface area contributed by atoms with Gasteiger partial charge in [-0.05, 0) is 46.0 Å². The fourth-order valence-corrected chi connectivity index (χ4v) is 1.87. The van der Waals surface area contributed by atoms with Gasteiger partial charge in [-0.15, -0.1) is 0 Å². The molecule has 0 radical (unpaired) electrons. The lowest BCUT2D eigenvalue weighted by Crippen LogP contribution is -2.25. The molecule has 0 heterocycles. The summed E-state index contributed by atoms with van der Waals surface area (Å²) in [6.07, 6.45) is 0.925. The van der Waals surface area contributed by atoms with Crippen LogP contribution in [0.1, 0.15) is 30.5 Å². The molecular weight excluding hydrogens is 230 g/mol. The van der Waals surface area contributed by atoms with Gasteiger partial charge >= 0.3 is 0 Å². The van der Waals surface area contributed by atoms with E-state index in [1.807, 2.05) is 20.0 Å². The van der Waals surface area contributed by atoms with E-state index in [1.54, 1.807) is 19.1 Å². The maximum Gasteiger partial charge on any atom is 0.272 e. The van der Waals surface area contributed by atoms with Crippen LogP contribution in [0.3, 0.4) is 0 Å². The van der Waals surface area contributed by atoms with Crippen molar-refractivity contribution in [3.05, 3.63) is 39.4 Å². The van der Waals surface area contributed by atoms with Crippen LogP contribution in [-0.4, -0.2) is 30.0 Å². The Balaban J connectivity index is 2.89. The second kappa shape index (κ2) is 6.47. The third kappa shape index (κ3) is 3.51. The van der Waals surface area contributed by atoms with Crippen molar-refractivity contribution in [2.75, 3.05) is 20.1 Å². The molecule has 2 N–H and O–H groups in total. The molecule has 1 aromatic rings. The van der Waals surface area contributed by atoms with Crippen LogP contribution in [-0.2, 0) is 0 Å². The van der Waals surface area contributed by atoms with Crippen LogP contribution >= 0.6 is 0 Å². The normalized spacial score (nSPS) is 12.7. The number of rotatable bonds is 6. The lowest BCUT2D eigenvalue weighted by atomic mass is 10.0. The number of hydrogen-bond donors (Lipinski definition) is 1. The van der Waals surface area contributed by atoms with Crippen molar-refractivity contribution in [3.8, 4) is 0 Å². The minimum atomic E-state index is -0.328. The maximum absolute atomic E-state index is 10.9. The van der Waals surface area contributed by atoms with Gasteiger partial charge in [0.1, 0.15) is 0 Å². The highest BCUT2D eigenvalue weighted by molar-refractivity contribution is 5.43. The Kier molecular flexibility index (Phi) is 5.25. The highest BCUT2D eigenvalue weighted by atomic mass is 16.6. The number of aryl methyl sites for hydroxylation is 1. The molecule has 0 aliphatic carbocycles. The molecule has 0 aliphatic heterocycles. The summed E-state index contributed by atoms with van der Waals surface area (Å²) >= 11 is 0. The van der Waals surface area contributed by atoms with Crippen LogP contribution in [0, 0.1) is 17.0 Å². The van der Waals surface area contributed by atoms with Gasteiger partial charge in [-0.2, -0.15) is 0 Å². The summed E-state index contributed by atoms with van der Waals surface area (Å²) < 4.78 is 0. The molecule has 1 unspecified atom stereocenters. The highest BCUT2D eigenvalue weighted by Gasteiger charge is 2.16. The zero-order valence-corrected chi connectivity index (χ0v) is 11.2. The van der Waals surface area contributed by atoms with Crippen LogP contribution in [0.5, 0.6) is 0 Å². The number of nitrogens with two attached hydrogens (primary N) is 1. The molecule has 18 heavy (non-hydrogen) atoms. The van der Waals surface area contributed by atoms with Crippen LogP contribution < -0.4 is 5.73 Å². The van der Waals surface area contributed by atoms with E-state index >= 15 is 0 Å². The van der Waals surface area contributed by atoms with Gasteiger partial charge in [-0.1, -0.05) is 12.1 Å². The molecule has 0 saturated carbocycles. The van der Waals surface area contributed by atoms with Gasteiger partial charge in [0.2, 0.25) is 0 Å². The first kappa shape index (κ1) is 14.6. The van der Waals surface area contributed by atoms with Crippen molar-refractivity contribution < 1.29 is 4.92 Å². The molecule has 0 saturated heterocycles. The minimum absolute atomic E-state index is 0.149. The van der Waals surface area contributed by atoms with Crippen LogP contribution in [0.2, 0.25) is 0 Å². The smallest absolute Gasteiger partial charge is 0.272 e. The molecule has 0 aromatic heterocycles. The Morgan fingerprint density at radius 2 is 2.17 bits per heavy atom. The average Bonchev–Trinajstić information content (AvgIpc) is 2.35. The van der Waals surface area contributed by atoms with Crippen molar-refractivity contribution in [2.24, 2.45) is 5.73 Å². The number of benzene rings is 1. The largest absolute Gasteiger partial charge is 0.330 e. The van der Waals surface area contributed by atoms with Gasteiger partial charge in [-0.3, -0.25) is 15.0 Å². The molecule has 0 spiro atoms. The monoisotopic (exact) mass is 251 g/mol. The molecule has 1 atom stereocenters. The third-order valence-electron chi connectivity index (χ3n) is 3.29. The van der Waals surface area contributed by atoms with E-state index in [9.17, 15) is 10.1 Å². The topological polar surface area (TPSA) is 72.4 Å². The summed E-state index contributed by atoms with van der Waals surface area (Å²) in [7, 11) is 2.01. The van der Waals surface area contributed by atoms with Gasteiger partial charge in [0.15, 0.2) is 0 Å². The number of hydrogen-bond acceptors (Lipinski definition) is 4. The summed E-state index contributed by atoms with van der Waals surface area (Å²) in [5, 5.41) is 10.9. The summed E-state index contributed by atoms with van der Waals surface area (Å²) in [6, 6.07) is 5.57. The van der Waals surface area contributed by atoms with E-state index in [1.165, 1.54) is 0 Å². The summed E-state index contributed by atoms with van der Waals surface area (Å²) in [6.45, 7) is 5.35. The van der Waals surface area contributed by atoms with E-state index in [0.29, 0.717) is 12.1 Å². The third-order valence-corrected chi connectivity index (χ3v) is 3.29. The fourth-order valence-electron chi connectivity index (χ4n) is 1.87. The number of nitrogens with zero attached hydrogens (tertiary/aromatic N) is 2. The first-order valence-electron chi connectivity index (χ1n) is 6.12. The average molecular weight is 251 g/mol. The predicted octanol–water partition coefficient (Wildman–Crippen LogP) is 2.24. The lowest BCUT2D eigenvalue weighted by Gasteiger charge is -2.24. The second-order valence-electron chi connectivity index (χ2n) is 4.60. The Morgan fingerprint density at radius 1 is 1.50 bits per heavy atom. The Labute approximate surface area is 108 Å². The van der Waals surface area contributed by atoms with E-state index in [2.05, 4.69) is 4.90 Å². The SMILES string of the molecule is Cc1ccc(C(C)N(C)CCCN)cc1[N+](=O)[O-]. The zero-order valence-electron chi connectivity index (χ0n) is 11.2. The van der Waals surface area contributed by atoms with E-state index in [-0.39, 0.29) is 16.7 Å². The second-order valence-corrected chi connectivity index (χ2v) is 4.60. The van der Waals surface area contributed by atoms with E-state index in [4.69, 9.17) is 5.73 Å². The maximum atomic E-state index is 10.9. The molecule has 0 aliphatic rings. The molecular formula is C13H21N3O2. The van der Waals surface area contributed by atoms with E-state index in [0.717, 1.165) is 18.5 Å². The van der Waals surface area contributed by atoms with Gasteiger partial charge in [-0.25, -0.2) is 0 Å². The molecule has 0 bridgehead atoms. The van der Waals surface area contributed by atoms with Gasteiger partial charge in [0.25, 0.3) is 5.69 Å².